The van der Waals surface area contributed by atoms with Crippen LogP contribution in [0.15, 0.2) is 127 Å². The molecule has 0 aromatic heterocycles. The zero-order valence-electron chi connectivity index (χ0n) is 21.6. The molecule has 6 heteroatoms. The Kier molecular flexibility index (Phi) is 7.01. The fourth-order valence-electron chi connectivity index (χ4n) is 6.05. The molecule has 39 heavy (non-hydrogen) atoms. The molecule has 0 fully saturated rings. The van der Waals surface area contributed by atoms with Gasteiger partial charge in [0.1, 0.15) is 0 Å². The second kappa shape index (κ2) is 10.3. The Bertz CT molecular complexity index is 1650. The summed E-state index contributed by atoms with van der Waals surface area (Å²) in [4.78, 5) is 14.1. The van der Waals surface area contributed by atoms with Crippen molar-refractivity contribution < 1.29 is 20.4 Å². The molecule has 5 aromatic rings. The van der Waals surface area contributed by atoms with E-state index >= 15 is 0 Å². The van der Waals surface area contributed by atoms with Crippen LogP contribution in [0.25, 0.3) is 11.1 Å². The van der Waals surface area contributed by atoms with E-state index in [4.69, 9.17) is 17.2 Å². The van der Waals surface area contributed by atoms with E-state index in [1.165, 1.54) is 11.1 Å². The summed E-state index contributed by atoms with van der Waals surface area (Å²) in [6, 6.07) is 43.1. The average molecular weight is 732 g/mol. The molecular weight excluding hydrogens is 704 g/mol. The summed E-state index contributed by atoms with van der Waals surface area (Å²) >= 11 is -5.66. The summed E-state index contributed by atoms with van der Waals surface area (Å²) in [5.41, 5.74) is 6.27. The molecule has 6 rings (SSSR count). The van der Waals surface area contributed by atoms with Gasteiger partial charge in [0, 0.05) is 0 Å². The Morgan fingerprint density at radius 3 is 1.92 bits per heavy atom. The number of carbonyl (C=O) groups is 1. The minimum absolute atomic E-state index is 0.203. The third-order valence-electron chi connectivity index (χ3n) is 7.85. The van der Waals surface area contributed by atoms with E-state index in [2.05, 4.69) is 70.0 Å². The van der Waals surface area contributed by atoms with E-state index in [-0.39, 0.29) is 5.91 Å². The third kappa shape index (κ3) is 4.68. The van der Waals surface area contributed by atoms with Crippen LogP contribution in [0.3, 0.4) is 0 Å². The number of benzene rings is 5. The van der Waals surface area contributed by atoms with E-state index in [9.17, 15) is 4.79 Å². The van der Waals surface area contributed by atoms with Gasteiger partial charge < -0.3 is 0 Å². The molecule has 0 bridgehead atoms. The summed E-state index contributed by atoms with van der Waals surface area (Å²) < 4.78 is 4.42. The quantitative estimate of drug-likeness (QED) is 0.207. The first-order valence-corrected chi connectivity index (χ1v) is 33.6. The molecule has 0 saturated heterocycles. The first-order chi connectivity index (χ1) is 18.9. The van der Waals surface area contributed by atoms with Gasteiger partial charge in [-0.3, -0.25) is 0 Å². The van der Waals surface area contributed by atoms with Crippen molar-refractivity contribution in [2.24, 2.45) is 0 Å². The van der Waals surface area contributed by atoms with Gasteiger partial charge in [-0.15, -0.1) is 0 Å². The van der Waals surface area contributed by atoms with E-state index in [1.54, 1.807) is 0 Å². The van der Waals surface area contributed by atoms with Crippen molar-refractivity contribution in [2.45, 2.75) is 13.3 Å². The zero-order chi connectivity index (χ0) is 27.1. The maximum atomic E-state index is 14.1. The van der Waals surface area contributed by atoms with Crippen LogP contribution in [0.1, 0.15) is 27.0 Å². The molecule has 0 heterocycles. The molecular formula is C33H28Cl2HfNOSi. The molecule has 0 spiro atoms. The molecule has 0 atom stereocenters. The summed E-state index contributed by atoms with van der Waals surface area (Å²) in [6.07, 6.45) is 0.748. The van der Waals surface area contributed by atoms with Crippen molar-refractivity contribution in [2.75, 3.05) is 0 Å². The molecule has 1 aliphatic rings. The fourth-order valence-corrected chi connectivity index (χ4v) is 57.6. The molecule has 1 N–H and O–H groups in total. The monoisotopic (exact) mass is 732 g/mol. The van der Waals surface area contributed by atoms with Gasteiger partial charge in [0.2, 0.25) is 0 Å². The number of hydrogen-bond donors (Lipinski definition) is 1. The number of amides is 1. The summed E-state index contributed by atoms with van der Waals surface area (Å²) in [5.74, 6) is -2.63. The van der Waals surface area contributed by atoms with Crippen LogP contribution in [-0.2, 0) is 22.0 Å². The molecule has 0 saturated carbocycles. The number of nitrogens with one attached hydrogen (secondary N) is 1. The van der Waals surface area contributed by atoms with E-state index < -0.39 is 21.6 Å². The number of fused-ring (bicyclic) bond motifs is 3. The second-order valence-corrected chi connectivity index (χ2v) is 59.2. The van der Waals surface area contributed by atoms with Crippen molar-refractivity contribution in [1.82, 2.24) is 3.30 Å². The van der Waals surface area contributed by atoms with Crippen LogP contribution in [0.2, 0.25) is 0 Å². The van der Waals surface area contributed by atoms with Gasteiger partial charge in [0.05, 0.1) is 0 Å². The van der Waals surface area contributed by atoms with Gasteiger partial charge in [0.25, 0.3) is 0 Å². The molecule has 0 unspecified atom stereocenters. The Morgan fingerprint density at radius 2 is 1.26 bits per heavy atom. The van der Waals surface area contributed by atoms with Gasteiger partial charge in [-0.05, 0) is 0 Å². The predicted octanol–water partition coefficient (Wildman–Crippen LogP) is 6.07. The Labute approximate surface area is 238 Å². The molecule has 193 valence electrons. The molecule has 1 amide bonds. The predicted molar refractivity (Wildman–Crippen MR) is 164 cm³/mol. The van der Waals surface area contributed by atoms with Gasteiger partial charge in [0.15, 0.2) is 0 Å². The van der Waals surface area contributed by atoms with Crippen LogP contribution in [-0.4, -0.2) is 11.9 Å². The van der Waals surface area contributed by atoms with Crippen molar-refractivity contribution in [3.63, 3.8) is 0 Å². The van der Waals surface area contributed by atoms with Crippen molar-refractivity contribution in [3.8, 4) is 11.1 Å². The first-order valence-electron chi connectivity index (χ1n) is 13.1. The van der Waals surface area contributed by atoms with Gasteiger partial charge in [-0.25, -0.2) is 0 Å². The van der Waals surface area contributed by atoms with Crippen molar-refractivity contribution in [1.29, 1.82) is 0 Å². The molecule has 0 aliphatic heterocycles. The fraction of sp³-hybridized carbons (Fsp3) is 0.0606. The van der Waals surface area contributed by atoms with Crippen LogP contribution >= 0.6 is 17.2 Å². The Hall–Kier alpha value is -2.76. The number of aryl methyl sites for hydroxylation is 1. The maximum absolute atomic E-state index is 14.1. The minimum atomic E-state index is -5.66. The normalized spacial score (nSPS) is 13.3. The second-order valence-electron chi connectivity index (χ2n) is 10.3. The van der Waals surface area contributed by atoms with Gasteiger partial charge in [-0.1, -0.05) is 0 Å². The van der Waals surface area contributed by atoms with Crippen LogP contribution in [0, 0.1) is 6.92 Å². The molecule has 1 aliphatic carbocycles. The van der Waals surface area contributed by atoms with Crippen LogP contribution in [0.5, 0.6) is 0 Å². The number of rotatable bonds is 6. The molecule has 2 nitrogen and oxygen atoms in total. The van der Waals surface area contributed by atoms with E-state index in [0.717, 1.165) is 36.8 Å². The summed E-state index contributed by atoms with van der Waals surface area (Å²) in [7, 11) is 16.4. The Balaban J connectivity index is 1.64. The number of halogens is 2. The summed E-state index contributed by atoms with van der Waals surface area (Å²) in [6.45, 7) is 1.95. The van der Waals surface area contributed by atoms with Crippen LogP contribution in [0.4, 0.5) is 0 Å². The van der Waals surface area contributed by atoms with Gasteiger partial charge in [-0.2, -0.15) is 0 Å². The number of carbonyl (C=O) groups excluding carboxylic acids is 1. The van der Waals surface area contributed by atoms with Crippen molar-refractivity contribution >= 4 is 42.7 Å². The van der Waals surface area contributed by atoms with E-state index in [0.29, 0.717) is 5.56 Å². The summed E-state index contributed by atoms with van der Waals surface area (Å²) in [5, 5.41) is 2.25. The zero-order valence-corrected chi connectivity index (χ0v) is 27.8. The van der Waals surface area contributed by atoms with Gasteiger partial charge >= 0.3 is 241 Å². The standard InChI is InChI=1S/C13H9.C12H11Si.C8H9NO.2ClH.Hf/c1-3-7-12-10(5-1)9-11-6-2-4-8-13(11)12;1-3-7-11(8-4-1)13-12-9-5-2-6-10-12;1-6-4-2-3-5-7(6)8(9)10;;;/h1-5,7-8H,9H2;1-10,13H;2-5H,1H3,(H2,9,10);2*1H;/q;;;;;+3/p-3. The van der Waals surface area contributed by atoms with Crippen LogP contribution < -0.4 is 17.0 Å². The average Bonchev–Trinajstić information content (AvgIpc) is 3.33. The van der Waals surface area contributed by atoms with Crippen molar-refractivity contribution in [3.05, 3.63) is 150 Å². The topological polar surface area (TPSA) is 29.1 Å². The third-order valence-corrected chi connectivity index (χ3v) is 56.1. The first kappa shape index (κ1) is 26.5. The number of hydrogen-bond acceptors (Lipinski definition) is 1. The molecule has 0 radical (unpaired) electrons. The van der Waals surface area contributed by atoms with E-state index in [1.807, 2.05) is 67.6 Å². The molecule has 5 aromatic carbocycles. The SMILES string of the molecule is Cc1ccccc1C(=O)[NH][Hf]([Cl])([Cl])([c]1cccc2c1Cc1ccccc1-2)[SiH](c1ccccc1)c1ccccc1. The Morgan fingerprint density at radius 1 is 0.692 bits per heavy atom.